The zero-order chi connectivity index (χ0) is 13.2. The van der Waals surface area contributed by atoms with E-state index >= 15 is 0 Å². The fourth-order valence-corrected chi connectivity index (χ4v) is 2.37. The summed E-state index contributed by atoms with van der Waals surface area (Å²) in [5.74, 6) is 1.35. The molecule has 1 amide bonds. The van der Waals surface area contributed by atoms with Crippen molar-refractivity contribution in [3.8, 4) is 0 Å². The second-order valence-corrected chi connectivity index (χ2v) is 4.72. The Kier molecular flexibility index (Phi) is 3.03. The predicted molar refractivity (Wildman–Crippen MR) is 71.8 cm³/mol. The van der Waals surface area contributed by atoms with Gasteiger partial charge in [-0.15, -0.1) is 0 Å². The van der Waals surface area contributed by atoms with E-state index in [0.717, 1.165) is 24.2 Å². The predicted octanol–water partition coefficient (Wildman–Crippen LogP) is 2.16. The van der Waals surface area contributed by atoms with Gasteiger partial charge in [0.05, 0.1) is 12.5 Å². The molecule has 0 aliphatic carbocycles. The Morgan fingerprint density at radius 2 is 2.16 bits per heavy atom. The number of hydrogen-bond acceptors (Lipinski definition) is 3. The van der Waals surface area contributed by atoms with Gasteiger partial charge in [0, 0.05) is 6.42 Å². The molecular weight excluding hydrogens is 240 g/mol. The van der Waals surface area contributed by atoms with Crippen LogP contribution in [0.5, 0.6) is 0 Å². The van der Waals surface area contributed by atoms with E-state index in [9.17, 15) is 4.79 Å². The molecule has 1 aliphatic rings. The normalized spacial score (nSPS) is 17.9. The van der Waals surface area contributed by atoms with Crippen molar-refractivity contribution in [2.75, 3.05) is 5.32 Å². The molecule has 0 saturated carbocycles. The maximum atomic E-state index is 11.8. The molecule has 3 rings (SSSR count). The van der Waals surface area contributed by atoms with Crippen LogP contribution in [0.25, 0.3) is 0 Å². The second-order valence-electron chi connectivity index (χ2n) is 4.72. The summed E-state index contributed by atoms with van der Waals surface area (Å²) in [4.78, 5) is 16.2. The molecule has 5 nitrogen and oxygen atoms in total. The largest absolute Gasteiger partial charge is 0.295 e. The van der Waals surface area contributed by atoms with Crippen LogP contribution in [0, 0.1) is 0 Å². The number of aromatic nitrogens is 3. The Morgan fingerprint density at radius 1 is 1.37 bits per heavy atom. The van der Waals surface area contributed by atoms with Gasteiger partial charge >= 0.3 is 0 Å². The summed E-state index contributed by atoms with van der Waals surface area (Å²) >= 11 is 0. The van der Waals surface area contributed by atoms with Crippen LogP contribution in [0.15, 0.2) is 30.3 Å². The van der Waals surface area contributed by atoms with Crippen LogP contribution in [-0.2, 0) is 11.2 Å². The lowest BCUT2D eigenvalue weighted by Crippen LogP contribution is -2.29. The van der Waals surface area contributed by atoms with Gasteiger partial charge in [-0.05, 0) is 12.0 Å². The van der Waals surface area contributed by atoms with Crippen LogP contribution >= 0.6 is 0 Å². The summed E-state index contributed by atoms with van der Waals surface area (Å²) in [5.41, 5.74) is 1.09. The molecule has 1 N–H and O–H groups in total. The average Bonchev–Trinajstić information content (AvgIpc) is 2.81. The minimum atomic E-state index is -0.0527. The van der Waals surface area contributed by atoms with E-state index in [-0.39, 0.29) is 11.9 Å². The molecule has 98 valence electrons. The number of rotatable bonds is 3. The number of amides is 1. The van der Waals surface area contributed by atoms with Crippen LogP contribution in [-0.4, -0.2) is 20.7 Å². The van der Waals surface area contributed by atoms with Crippen LogP contribution in [0.2, 0.25) is 0 Å². The highest BCUT2D eigenvalue weighted by Gasteiger charge is 2.28. The van der Waals surface area contributed by atoms with Crippen molar-refractivity contribution in [3.05, 3.63) is 41.7 Å². The van der Waals surface area contributed by atoms with Gasteiger partial charge < -0.3 is 0 Å². The van der Waals surface area contributed by atoms with Crippen LogP contribution in [0.3, 0.4) is 0 Å². The summed E-state index contributed by atoms with van der Waals surface area (Å²) in [6.45, 7) is 2.09. The fraction of sp³-hybridized carbons (Fsp3) is 0.357. The van der Waals surface area contributed by atoms with E-state index in [4.69, 9.17) is 0 Å². The number of fused-ring (bicyclic) bond motifs is 1. The maximum absolute atomic E-state index is 11.8. The molecular formula is C14H16N4O. The van der Waals surface area contributed by atoms with E-state index in [2.05, 4.69) is 22.3 Å². The van der Waals surface area contributed by atoms with Crippen molar-refractivity contribution < 1.29 is 4.79 Å². The highest BCUT2D eigenvalue weighted by Crippen LogP contribution is 2.28. The Morgan fingerprint density at radius 3 is 2.89 bits per heavy atom. The highest BCUT2D eigenvalue weighted by atomic mass is 16.2. The summed E-state index contributed by atoms with van der Waals surface area (Å²) < 4.78 is 1.84. The first-order chi connectivity index (χ1) is 9.28. The quantitative estimate of drug-likeness (QED) is 0.915. The number of carbonyl (C=O) groups excluding carboxylic acids is 1. The SMILES string of the molecule is CCCc1nc2n(n1)C(c1ccccc1)CC(=O)N2. The van der Waals surface area contributed by atoms with E-state index in [1.807, 2.05) is 35.0 Å². The number of hydrogen-bond donors (Lipinski definition) is 1. The molecule has 0 fully saturated rings. The van der Waals surface area contributed by atoms with Gasteiger partial charge in [-0.3, -0.25) is 10.1 Å². The molecule has 0 spiro atoms. The van der Waals surface area contributed by atoms with Crippen LogP contribution in [0.4, 0.5) is 5.95 Å². The molecule has 1 unspecified atom stereocenters. The number of nitrogens with zero attached hydrogens (tertiary/aromatic N) is 3. The van der Waals surface area contributed by atoms with Gasteiger partial charge in [-0.1, -0.05) is 37.3 Å². The van der Waals surface area contributed by atoms with Gasteiger partial charge in [0.2, 0.25) is 11.9 Å². The van der Waals surface area contributed by atoms with E-state index in [1.54, 1.807) is 0 Å². The first-order valence-electron chi connectivity index (χ1n) is 6.58. The number of aryl methyl sites for hydroxylation is 1. The van der Waals surface area contributed by atoms with Crippen molar-refractivity contribution in [1.29, 1.82) is 0 Å². The smallest absolute Gasteiger partial charge is 0.229 e. The molecule has 0 bridgehead atoms. The van der Waals surface area contributed by atoms with Crippen LogP contribution < -0.4 is 5.32 Å². The molecule has 0 radical (unpaired) electrons. The highest BCUT2D eigenvalue weighted by molar-refractivity contribution is 5.91. The lowest BCUT2D eigenvalue weighted by molar-refractivity contribution is -0.117. The molecule has 1 aliphatic heterocycles. The van der Waals surface area contributed by atoms with Gasteiger partial charge in [-0.25, -0.2) is 4.68 Å². The third-order valence-corrected chi connectivity index (χ3v) is 3.26. The molecule has 2 heterocycles. The number of anilines is 1. The molecule has 1 aromatic carbocycles. The zero-order valence-electron chi connectivity index (χ0n) is 10.8. The lowest BCUT2D eigenvalue weighted by atomic mass is 10.0. The van der Waals surface area contributed by atoms with Gasteiger partial charge in [0.15, 0.2) is 5.82 Å². The Hall–Kier alpha value is -2.17. The average molecular weight is 256 g/mol. The van der Waals surface area contributed by atoms with Crippen molar-refractivity contribution >= 4 is 11.9 Å². The second kappa shape index (κ2) is 4.84. The minimum Gasteiger partial charge on any atom is -0.295 e. The van der Waals surface area contributed by atoms with Crippen molar-refractivity contribution in [2.24, 2.45) is 0 Å². The van der Waals surface area contributed by atoms with Gasteiger partial charge in [-0.2, -0.15) is 10.1 Å². The third kappa shape index (κ3) is 2.23. The van der Waals surface area contributed by atoms with Crippen molar-refractivity contribution in [1.82, 2.24) is 14.8 Å². The third-order valence-electron chi connectivity index (χ3n) is 3.26. The van der Waals surface area contributed by atoms with Crippen LogP contribution in [0.1, 0.15) is 37.2 Å². The molecule has 19 heavy (non-hydrogen) atoms. The topological polar surface area (TPSA) is 59.8 Å². The summed E-state index contributed by atoms with van der Waals surface area (Å²) in [5, 5.41) is 7.31. The lowest BCUT2D eigenvalue weighted by Gasteiger charge is -2.23. The van der Waals surface area contributed by atoms with E-state index < -0.39 is 0 Å². The fourth-order valence-electron chi connectivity index (χ4n) is 2.37. The maximum Gasteiger partial charge on any atom is 0.229 e. The monoisotopic (exact) mass is 256 g/mol. The Bertz CT molecular complexity index is 591. The first-order valence-corrected chi connectivity index (χ1v) is 6.58. The Labute approximate surface area is 111 Å². The van der Waals surface area contributed by atoms with E-state index in [1.165, 1.54) is 0 Å². The summed E-state index contributed by atoms with van der Waals surface area (Å²) in [6, 6.07) is 9.92. The van der Waals surface area contributed by atoms with Gasteiger partial charge in [0.1, 0.15) is 0 Å². The number of nitrogens with one attached hydrogen (secondary N) is 1. The number of benzene rings is 1. The van der Waals surface area contributed by atoms with Crippen molar-refractivity contribution in [3.63, 3.8) is 0 Å². The van der Waals surface area contributed by atoms with E-state index in [0.29, 0.717) is 12.4 Å². The minimum absolute atomic E-state index is 0.00296. The summed E-state index contributed by atoms with van der Waals surface area (Å²) in [6.07, 6.45) is 2.23. The standard InChI is InChI=1S/C14H16N4O/c1-2-6-12-15-14-16-13(19)9-11(18(14)17-12)10-7-4-3-5-8-10/h3-5,7-8,11H,2,6,9H2,1H3,(H,15,16,17,19). The first kappa shape index (κ1) is 11.9. The molecule has 1 atom stereocenters. The number of carbonyl (C=O) groups is 1. The molecule has 1 aromatic heterocycles. The molecule has 0 saturated heterocycles. The zero-order valence-corrected chi connectivity index (χ0v) is 10.8. The van der Waals surface area contributed by atoms with Crippen molar-refractivity contribution in [2.45, 2.75) is 32.2 Å². The molecule has 2 aromatic rings. The summed E-state index contributed by atoms with van der Waals surface area (Å²) in [7, 11) is 0. The molecule has 5 heteroatoms. The Balaban J connectivity index is 2.01. The van der Waals surface area contributed by atoms with Gasteiger partial charge in [0.25, 0.3) is 0 Å².